The number of methoxy groups -OCH3 is 1. The highest BCUT2D eigenvalue weighted by Crippen LogP contribution is 2.27. The Bertz CT molecular complexity index is 516. The fourth-order valence-corrected chi connectivity index (χ4v) is 2.84. The molecule has 2 N–H and O–H groups in total. The van der Waals surface area contributed by atoms with Gasteiger partial charge in [-0.1, -0.05) is 0 Å². The number of aliphatic hydroxyl groups is 1. The van der Waals surface area contributed by atoms with Gasteiger partial charge in [-0.15, -0.1) is 0 Å². The predicted molar refractivity (Wildman–Crippen MR) is 82.6 cm³/mol. The molecule has 0 atom stereocenters. The minimum absolute atomic E-state index is 0.147. The maximum absolute atomic E-state index is 13.6. The average Bonchev–Trinajstić information content (AvgIpc) is 2.54. The maximum atomic E-state index is 13.6. The van der Waals surface area contributed by atoms with Gasteiger partial charge in [0.2, 0.25) is 0 Å². The lowest BCUT2D eigenvalue weighted by molar-refractivity contribution is 0.139. The summed E-state index contributed by atoms with van der Waals surface area (Å²) in [6.45, 7) is 0.216. The third kappa shape index (κ3) is 3.88. The van der Waals surface area contributed by atoms with Crippen molar-refractivity contribution in [2.24, 2.45) is 5.92 Å². The van der Waals surface area contributed by atoms with E-state index in [2.05, 4.69) is 5.32 Å². The summed E-state index contributed by atoms with van der Waals surface area (Å²) in [7, 11) is 3.15. The Labute approximate surface area is 130 Å². The van der Waals surface area contributed by atoms with E-state index in [0.717, 1.165) is 25.7 Å². The SMILES string of the molecule is COc1ccc(NC(=O)N(C)C2CCC(CO)CC2)cc1F. The van der Waals surface area contributed by atoms with E-state index < -0.39 is 5.82 Å². The first kappa shape index (κ1) is 16.5. The van der Waals surface area contributed by atoms with Crippen LogP contribution in [0.25, 0.3) is 0 Å². The van der Waals surface area contributed by atoms with Crippen LogP contribution in [-0.4, -0.2) is 42.8 Å². The molecule has 22 heavy (non-hydrogen) atoms. The van der Waals surface area contributed by atoms with Crippen LogP contribution in [0.1, 0.15) is 25.7 Å². The van der Waals surface area contributed by atoms with Gasteiger partial charge >= 0.3 is 6.03 Å². The Morgan fingerprint density at radius 3 is 2.64 bits per heavy atom. The zero-order valence-corrected chi connectivity index (χ0v) is 13.0. The van der Waals surface area contributed by atoms with Crippen LogP contribution >= 0.6 is 0 Å². The number of carbonyl (C=O) groups is 1. The summed E-state index contributed by atoms with van der Waals surface area (Å²) < 4.78 is 18.5. The standard InChI is InChI=1S/C16H23FN2O3/c1-19(13-6-3-11(10-20)4-7-13)16(21)18-12-5-8-15(22-2)14(17)9-12/h5,8-9,11,13,20H,3-4,6-7,10H2,1-2H3,(H,18,21). The molecule has 2 rings (SSSR count). The van der Waals surface area contributed by atoms with E-state index in [-0.39, 0.29) is 24.4 Å². The van der Waals surface area contributed by atoms with Gasteiger partial charge in [0.25, 0.3) is 0 Å². The van der Waals surface area contributed by atoms with Crippen molar-refractivity contribution in [2.45, 2.75) is 31.7 Å². The van der Waals surface area contributed by atoms with Crippen molar-refractivity contribution in [2.75, 3.05) is 26.1 Å². The number of anilines is 1. The number of carbonyl (C=O) groups excluding carboxylic acids is 1. The highest BCUT2D eigenvalue weighted by molar-refractivity contribution is 5.89. The molecule has 5 nitrogen and oxygen atoms in total. The summed E-state index contributed by atoms with van der Waals surface area (Å²) in [5, 5.41) is 11.8. The van der Waals surface area contributed by atoms with Crippen molar-refractivity contribution in [3.05, 3.63) is 24.0 Å². The van der Waals surface area contributed by atoms with Crippen LogP contribution in [0.3, 0.4) is 0 Å². The van der Waals surface area contributed by atoms with Crippen molar-refractivity contribution >= 4 is 11.7 Å². The van der Waals surface area contributed by atoms with Crippen LogP contribution in [0.5, 0.6) is 5.75 Å². The first-order valence-electron chi connectivity index (χ1n) is 7.53. The summed E-state index contributed by atoms with van der Waals surface area (Å²) in [6, 6.07) is 4.24. The van der Waals surface area contributed by atoms with Gasteiger partial charge in [-0.3, -0.25) is 0 Å². The van der Waals surface area contributed by atoms with Gasteiger partial charge in [0.1, 0.15) is 0 Å². The molecule has 0 saturated heterocycles. The van der Waals surface area contributed by atoms with Gasteiger partial charge in [0.05, 0.1) is 7.11 Å². The van der Waals surface area contributed by atoms with Crippen LogP contribution in [0.2, 0.25) is 0 Å². The number of nitrogens with one attached hydrogen (secondary N) is 1. The molecule has 1 saturated carbocycles. The zero-order chi connectivity index (χ0) is 16.1. The second-order valence-corrected chi connectivity index (χ2v) is 5.75. The summed E-state index contributed by atoms with van der Waals surface area (Å²) >= 11 is 0. The van der Waals surface area contributed by atoms with Gasteiger partial charge < -0.3 is 20.1 Å². The Morgan fingerprint density at radius 1 is 1.41 bits per heavy atom. The Kier molecular flexibility index (Phi) is 5.60. The summed E-state index contributed by atoms with van der Waals surface area (Å²) in [5.41, 5.74) is 0.402. The quantitative estimate of drug-likeness (QED) is 0.899. The van der Waals surface area contributed by atoms with Gasteiger partial charge in [-0.2, -0.15) is 0 Å². The van der Waals surface area contributed by atoms with Crippen LogP contribution < -0.4 is 10.1 Å². The van der Waals surface area contributed by atoms with Crippen molar-refractivity contribution in [3.63, 3.8) is 0 Å². The molecular weight excluding hydrogens is 287 g/mol. The molecule has 0 spiro atoms. The van der Waals surface area contributed by atoms with E-state index in [9.17, 15) is 9.18 Å². The molecule has 0 aliphatic heterocycles. The van der Waals surface area contributed by atoms with Crippen LogP contribution in [0, 0.1) is 11.7 Å². The van der Waals surface area contributed by atoms with Crippen molar-refractivity contribution in [1.29, 1.82) is 0 Å². The molecule has 0 aromatic heterocycles. The molecule has 6 heteroatoms. The monoisotopic (exact) mass is 310 g/mol. The molecule has 1 fully saturated rings. The van der Waals surface area contributed by atoms with Crippen LogP contribution in [0.4, 0.5) is 14.9 Å². The lowest BCUT2D eigenvalue weighted by Gasteiger charge is -2.34. The molecule has 2 amide bonds. The number of benzene rings is 1. The number of rotatable bonds is 4. The average molecular weight is 310 g/mol. The van der Waals surface area contributed by atoms with E-state index in [0.29, 0.717) is 11.6 Å². The second kappa shape index (κ2) is 7.45. The molecule has 0 bridgehead atoms. The number of aliphatic hydroxyl groups excluding tert-OH is 1. The number of ether oxygens (including phenoxy) is 1. The highest BCUT2D eigenvalue weighted by atomic mass is 19.1. The van der Waals surface area contributed by atoms with Crippen molar-refractivity contribution < 1.29 is 19.0 Å². The van der Waals surface area contributed by atoms with Gasteiger partial charge in [0.15, 0.2) is 11.6 Å². The number of urea groups is 1. The third-order valence-corrected chi connectivity index (χ3v) is 4.35. The van der Waals surface area contributed by atoms with Crippen LogP contribution in [-0.2, 0) is 0 Å². The molecular formula is C16H23FN2O3. The molecule has 0 unspecified atom stereocenters. The van der Waals surface area contributed by atoms with Crippen molar-refractivity contribution in [1.82, 2.24) is 4.90 Å². The van der Waals surface area contributed by atoms with E-state index in [1.165, 1.54) is 19.2 Å². The predicted octanol–water partition coefficient (Wildman–Crippen LogP) is 2.85. The number of nitrogens with zero attached hydrogens (tertiary/aromatic N) is 1. The molecule has 1 aliphatic rings. The minimum Gasteiger partial charge on any atom is -0.494 e. The van der Waals surface area contributed by atoms with Gasteiger partial charge in [-0.25, -0.2) is 9.18 Å². The molecule has 0 heterocycles. The lowest BCUT2D eigenvalue weighted by Crippen LogP contribution is -2.42. The molecule has 1 aliphatic carbocycles. The molecule has 1 aromatic carbocycles. The number of hydrogen-bond donors (Lipinski definition) is 2. The third-order valence-electron chi connectivity index (χ3n) is 4.35. The summed E-state index contributed by atoms with van der Waals surface area (Å²) in [5.74, 6) is -0.0107. The molecule has 122 valence electrons. The smallest absolute Gasteiger partial charge is 0.321 e. The topological polar surface area (TPSA) is 61.8 Å². The second-order valence-electron chi connectivity index (χ2n) is 5.75. The first-order chi connectivity index (χ1) is 10.5. The Morgan fingerprint density at radius 2 is 2.09 bits per heavy atom. The fraction of sp³-hybridized carbons (Fsp3) is 0.562. The van der Waals surface area contributed by atoms with E-state index in [4.69, 9.17) is 9.84 Å². The number of amides is 2. The van der Waals surface area contributed by atoms with E-state index >= 15 is 0 Å². The Hall–Kier alpha value is -1.82. The summed E-state index contributed by atoms with van der Waals surface area (Å²) in [6.07, 6.45) is 3.62. The zero-order valence-electron chi connectivity index (χ0n) is 13.0. The minimum atomic E-state index is -0.508. The highest BCUT2D eigenvalue weighted by Gasteiger charge is 2.26. The summed E-state index contributed by atoms with van der Waals surface area (Å²) in [4.78, 5) is 13.9. The maximum Gasteiger partial charge on any atom is 0.321 e. The first-order valence-corrected chi connectivity index (χ1v) is 7.53. The normalized spacial score (nSPS) is 21.3. The largest absolute Gasteiger partial charge is 0.494 e. The van der Waals surface area contributed by atoms with Gasteiger partial charge in [-0.05, 0) is 43.7 Å². The molecule has 0 radical (unpaired) electrons. The van der Waals surface area contributed by atoms with Crippen LogP contribution in [0.15, 0.2) is 18.2 Å². The van der Waals surface area contributed by atoms with E-state index in [1.807, 2.05) is 0 Å². The van der Waals surface area contributed by atoms with E-state index in [1.54, 1.807) is 18.0 Å². The number of halogens is 1. The number of hydrogen-bond acceptors (Lipinski definition) is 3. The fourth-order valence-electron chi connectivity index (χ4n) is 2.84. The molecule has 1 aromatic rings. The van der Waals surface area contributed by atoms with Gasteiger partial charge in [0, 0.05) is 31.5 Å². The lowest BCUT2D eigenvalue weighted by atomic mass is 9.86. The van der Waals surface area contributed by atoms with Crippen molar-refractivity contribution in [3.8, 4) is 5.75 Å². The Balaban J connectivity index is 1.92.